The predicted octanol–water partition coefficient (Wildman–Crippen LogP) is 1.33. The van der Waals surface area contributed by atoms with Crippen molar-refractivity contribution in [3.8, 4) is 11.8 Å². The fourth-order valence-corrected chi connectivity index (χ4v) is 2.08. The number of ether oxygens (including phenoxy) is 1. The van der Waals surface area contributed by atoms with Crippen LogP contribution in [0.15, 0.2) is 24.3 Å². The summed E-state index contributed by atoms with van der Waals surface area (Å²) < 4.78 is 5.40. The van der Waals surface area contributed by atoms with Crippen LogP contribution in [0.5, 0.6) is 5.75 Å². The first kappa shape index (κ1) is 14.4. The zero-order valence-corrected chi connectivity index (χ0v) is 11.6. The van der Waals surface area contributed by atoms with Crippen molar-refractivity contribution in [2.75, 3.05) is 6.61 Å². The van der Waals surface area contributed by atoms with E-state index in [0.29, 0.717) is 12.3 Å². The Kier molecular flexibility index (Phi) is 4.26. The van der Waals surface area contributed by atoms with Crippen LogP contribution in [0.3, 0.4) is 0 Å². The Labute approximate surface area is 118 Å². The molecule has 0 heterocycles. The molecule has 2 rings (SSSR count). The minimum Gasteiger partial charge on any atom is -0.484 e. The number of hydrogen-bond donors (Lipinski definition) is 2. The molecule has 5 nitrogen and oxygen atoms in total. The summed E-state index contributed by atoms with van der Waals surface area (Å²) in [5.41, 5.74) is 5.74. The summed E-state index contributed by atoms with van der Waals surface area (Å²) in [6, 6.07) is 9.45. The maximum atomic E-state index is 11.8. The summed E-state index contributed by atoms with van der Waals surface area (Å²) in [7, 11) is 0. The molecular weight excluding hydrogens is 254 g/mol. The van der Waals surface area contributed by atoms with Gasteiger partial charge in [0.25, 0.3) is 5.91 Å². The molecule has 1 aromatic rings. The van der Waals surface area contributed by atoms with Gasteiger partial charge in [0, 0.05) is 6.54 Å². The third-order valence-corrected chi connectivity index (χ3v) is 3.55. The lowest BCUT2D eigenvalue weighted by atomic mass is 9.98. The van der Waals surface area contributed by atoms with E-state index in [0.717, 1.165) is 18.4 Å². The topological polar surface area (TPSA) is 88.1 Å². The second-order valence-corrected chi connectivity index (χ2v) is 5.27. The van der Waals surface area contributed by atoms with Crippen LogP contribution in [0.1, 0.15) is 25.3 Å². The van der Waals surface area contributed by atoms with Gasteiger partial charge in [0.2, 0.25) is 0 Å². The first-order valence-corrected chi connectivity index (χ1v) is 6.71. The van der Waals surface area contributed by atoms with Crippen LogP contribution >= 0.6 is 0 Å². The molecular formula is C15H19N3O2. The van der Waals surface area contributed by atoms with E-state index < -0.39 is 5.54 Å². The highest BCUT2D eigenvalue weighted by Crippen LogP contribution is 2.39. The Hall–Kier alpha value is -2.06. The molecule has 1 atom stereocenters. The van der Waals surface area contributed by atoms with Crippen molar-refractivity contribution in [1.29, 1.82) is 5.26 Å². The molecule has 1 aliphatic rings. The Morgan fingerprint density at radius 2 is 2.15 bits per heavy atom. The van der Waals surface area contributed by atoms with Gasteiger partial charge in [-0.25, -0.2) is 0 Å². The van der Waals surface area contributed by atoms with Crippen molar-refractivity contribution in [2.45, 2.75) is 31.8 Å². The highest BCUT2D eigenvalue weighted by molar-refractivity contribution is 5.79. The molecule has 1 amide bonds. The van der Waals surface area contributed by atoms with Gasteiger partial charge in [-0.3, -0.25) is 4.79 Å². The van der Waals surface area contributed by atoms with Crippen LogP contribution in [0.2, 0.25) is 0 Å². The lowest BCUT2D eigenvalue weighted by molar-refractivity contribution is -0.124. The summed E-state index contributed by atoms with van der Waals surface area (Å²) in [6.45, 7) is 2.15. The van der Waals surface area contributed by atoms with Crippen molar-refractivity contribution in [3.63, 3.8) is 0 Å². The Morgan fingerprint density at radius 3 is 2.65 bits per heavy atom. The lowest BCUT2D eigenvalue weighted by Crippen LogP contribution is -2.48. The predicted molar refractivity (Wildman–Crippen MR) is 74.7 cm³/mol. The van der Waals surface area contributed by atoms with Crippen LogP contribution in [-0.2, 0) is 11.3 Å². The number of nitriles is 1. The van der Waals surface area contributed by atoms with Gasteiger partial charge in [0.15, 0.2) is 6.61 Å². The summed E-state index contributed by atoms with van der Waals surface area (Å²) in [5, 5.41) is 11.9. The van der Waals surface area contributed by atoms with E-state index in [4.69, 9.17) is 10.5 Å². The average molecular weight is 273 g/mol. The molecule has 0 aliphatic heterocycles. The maximum absolute atomic E-state index is 11.8. The first-order chi connectivity index (χ1) is 9.57. The number of carbonyl (C=O) groups is 1. The van der Waals surface area contributed by atoms with Gasteiger partial charge in [0.05, 0.1) is 6.07 Å². The maximum Gasteiger partial charge on any atom is 0.259 e. The fourth-order valence-electron chi connectivity index (χ4n) is 2.08. The van der Waals surface area contributed by atoms with Crippen LogP contribution < -0.4 is 15.8 Å². The number of carbonyl (C=O) groups excluding carboxylic acids is 1. The SMILES string of the molecule is CC(C#N)(NC(=O)COc1ccc(CN)cc1)C1CC1. The second-order valence-electron chi connectivity index (χ2n) is 5.27. The molecule has 1 aromatic carbocycles. The molecule has 0 saturated heterocycles. The number of amides is 1. The fraction of sp³-hybridized carbons (Fsp3) is 0.467. The average Bonchev–Trinajstić information content (AvgIpc) is 3.30. The van der Waals surface area contributed by atoms with E-state index in [1.807, 2.05) is 12.1 Å². The van der Waals surface area contributed by atoms with Gasteiger partial charge in [-0.1, -0.05) is 12.1 Å². The second kappa shape index (κ2) is 5.93. The van der Waals surface area contributed by atoms with E-state index >= 15 is 0 Å². The van der Waals surface area contributed by atoms with Gasteiger partial charge in [-0.2, -0.15) is 5.26 Å². The Balaban J connectivity index is 1.84. The van der Waals surface area contributed by atoms with Gasteiger partial charge in [-0.15, -0.1) is 0 Å². The van der Waals surface area contributed by atoms with E-state index in [9.17, 15) is 10.1 Å². The van der Waals surface area contributed by atoms with E-state index in [1.165, 1.54) is 0 Å². The monoisotopic (exact) mass is 273 g/mol. The Bertz CT molecular complexity index is 517. The normalized spacial score (nSPS) is 16.9. The molecule has 1 fully saturated rings. The zero-order chi connectivity index (χ0) is 14.6. The summed E-state index contributed by atoms with van der Waals surface area (Å²) in [6.07, 6.45) is 1.98. The number of nitrogens with zero attached hydrogens (tertiary/aromatic N) is 1. The summed E-state index contributed by atoms with van der Waals surface area (Å²) in [5.74, 6) is 0.603. The summed E-state index contributed by atoms with van der Waals surface area (Å²) in [4.78, 5) is 11.8. The van der Waals surface area contributed by atoms with Gasteiger partial charge in [0.1, 0.15) is 11.3 Å². The van der Waals surface area contributed by atoms with Crippen molar-refractivity contribution < 1.29 is 9.53 Å². The van der Waals surface area contributed by atoms with Crippen LogP contribution in [0.4, 0.5) is 0 Å². The largest absolute Gasteiger partial charge is 0.484 e. The van der Waals surface area contributed by atoms with Crippen LogP contribution in [0.25, 0.3) is 0 Å². The van der Waals surface area contributed by atoms with Gasteiger partial charge < -0.3 is 15.8 Å². The molecule has 5 heteroatoms. The van der Waals surface area contributed by atoms with Crippen LogP contribution in [-0.4, -0.2) is 18.1 Å². The molecule has 1 saturated carbocycles. The molecule has 0 spiro atoms. The molecule has 1 aliphatic carbocycles. The van der Waals surface area contributed by atoms with E-state index in [1.54, 1.807) is 19.1 Å². The standard InChI is InChI=1S/C15H19N3O2/c1-15(10-17,12-4-5-12)18-14(19)9-20-13-6-2-11(8-16)3-7-13/h2-3,6-7,12H,4-5,8-9,16H2,1H3,(H,18,19). The summed E-state index contributed by atoms with van der Waals surface area (Å²) >= 11 is 0. The van der Waals surface area contributed by atoms with Crippen LogP contribution in [0, 0.1) is 17.2 Å². The number of nitrogens with one attached hydrogen (secondary N) is 1. The van der Waals surface area contributed by atoms with Crippen molar-refractivity contribution >= 4 is 5.91 Å². The molecule has 106 valence electrons. The van der Waals surface area contributed by atoms with E-state index in [-0.39, 0.29) is 18.4 Å². The molecule has 0 aromatic heterocycles. The van der Waals surface area contributed by atoms with Gasteiger partial charge >= 0.3 is 0 Å². The molecule has 3 N–H and O–H groups in total. The number of hydrogen-bond acceptors (Lipinski definition) is 4. The molecule has 1 unspecified atom stereocenters. The molecule has 0 radical (unpaired) electrons. The third kappa shape index (κ3) is 3.49. The van der Waals surface area contributed by atoms with Crippen molar-refractivity contribution in [3.05, 3.63) is 29.8 Å². The number of rotatable bonds is 6. The highest BCUT2D eigenvalue weighted by atomic mass is 16.5. The van der Waals surface area contributed by atoms with E-state index in [2.05, 4.69) is 11.4 Å². The lowest BCUT2D eigenvalue weighted by Gasteiger charge is -2.22. The first-order valence-electron chi connectivity index (χ1n) is 6.71. The van der Waals surface area contributed by atoms with Crippen molar-refractivity contribution in [2.24, 2.45) is 11.7 Å². The quantitative estimate of drug-likeness (QED) is 0.818. The third-order valence-electron chi connectivity index (χ3n) is 3.55. The minimum atomic E-state index is -0.774. The zero-order valence-electron chi connectivity index (χ0n) is 11.6. The molecule has 20 heavy (non-hydrogen) atoms. The number of nitrogens with two attached hydrogens (primary N) is 1. The highest BCUT2D eigenvalue weighted by Gasteiger charge is 2.43. The van der Waals surface area contributed by atoms with Crippen molar-refractivity contribution in [1.82, 2.24) is 5.32 Å². The number of benzene rings is 1. The van der Waals surface area contributed by atoms with Gasteiger partial charge in [-0.05, 0) is 43.4 Å². The minimum absolute atomic E-state index is 0.0913. The molecule has 0 bridgehead atoms. The smallest absolute Gasteiger partial charge is 0.259 e. The Morgan fingerprint density at radius 1 is 1.50 bits per heavy atom.